The van der Waals surface area contributed by atoms with Crippen molar-refractivity contribution in [2.24, 2.45) is 0 Å². The van der Waals surface area contributed by atoms with Crippen LogP contribution in [0.1, 0.15) is 33.0 Å². The SMILES string of the molecule is Cc1nc(Cl)cc(N2CCC(NC(=O)OC(C)(C)C)C2)n1. The zero-order chi connectivity index (χ0) is 15.6. The van der Waals surface area contributed by atoms with Gasteiger partial charge >= 0.3 is 6.09 Å². The van der Waals surface area contributed by atoms with Gasteiger partial charge in [0.25, 0.3) is 0 Å². The summed E-state index contributed by atoms with van der Waals surface area (Å²) in [6.07, 6.45) is 0.464. The summed E-state index contributed by atoms with van der Waals surface area (Å²) in [4.78, 5) is 22.3. The van der Waals surface area contributed by atoms with Gasteiger partial charge in [-0.3, -0.25) is 0 Å². The monoisotopic (exact) mass is 312 g/mol. The molecular weight excluding hydrogens is 292 g/mol. The van der Waals surface area contributed by atoms with Gasteiger partial charge in [-0.2, -0.15) is 0 Å². The molecule has 0 radical (unpaired) electrons. The van der Waals surface area contributed by atoms with Crippen LogP contribution in [0.3, 0.4) is 0 Å². The molecule has 1 amide bonds. The van der Waals surface area contributed by atoms with Crippen molar-refractivity contribution in [3.63, 3.8) is 0 Å². The third-order valence-electron chi connectivity index (χ3n) is 3.03. The van der Waals surface area contributed by atoms with Crippen LogP contribution in [-0.2, 0) is 4.74 Å². The maximum absolute atomic E-state index is 11.8. The Morgan fingerprint density at radius 3 is 2.81 bits per heavy atom. The van der Waals surface area contributed by atoms with Crippen LogP contribution in [0.5, 0.6) is 0 Å². The molecule has 7 heteroatoms. The number of nitrogens with one attached hydrogen (secondary N) is 1. The number of aryl methyl sites for hydroxylation is 1. The van der Waals surface area contributed by atoms with Crippen LogP contribution in [0.15, 0.2) is 6.07 Å². The number of carbonyl (C=O) groups excluding carboxylic acids is 1. The number of hydrogen-bond donors (Lipinski definition) is 1. The minimum absolute atomic E-state index is 0.0499. The van der Waals surface area contributed by atoms with Crippen LogP contribution in [0.4, 0.5) is 10.6 Å². The van der Waals surface area contributed by atoms with E-state index in [-0.39, 0.29) is 12.1 Å². The fraction of sp³-hybridized carbons (Fsp3) is 0.643. The highest BCUT2D eigenvalue weighted by molar-refractivity contribution is 6.29. The first-order valence-corrected chi connectivity index (χ1v) is 7.36. The van der Waals surface area contributed by atoms with E-state index in [4.69, 9.17) is 16.3 Å². The number of rotatable bonds is 2. The van der Waals surface area contributed by atoms with Gasteiger partial charge in [-0.25, -0.2) is 14.8 Å². The number of hydrogen-bond acceptors (Lipinski definition) is 5. The smallest absolute Gasteiger partial charge is 0.407 e. The molecule has 1 atom stereocenters. The van der Waals surface area contributed by atoms with Crippen LogP contribution in [0.25, 0.3) is 0 Å². The molecule has 0 aromatic carbocycles. The zero-order valence-corrected chi connectivity index (χ0v) is 13.6. The maximum Gasteiger partial charge on any atom is 0.407 e. The second-order valence-corrected chi connectivity index (χ2v) is 6.56. The molecule has 0 bridgehead atoms. The molecular formula is C14H21ClN4O2. The number of alkyl carbamates (subject to hydrolysis) is 1. The van der Waals surface area contributed by atoms with Gasteiger partial charge in [0, 0.05) is 19.2 Å². The molecule has 1 fully saturated rings. The molecule has 1 aliphatic rings. The van der Waals surface area contributed by atoms with Gasteiger partial charge in [0.1, 0.15) is 22.4 Å². The van der Waals surface area contributed by atoms with Crippen LogP contribution < -0.4 is 10.2 Å². The van der Waals surface area contributed by atoms with Gasteiger partial charge in [0.2, 0.25) is 0 Å². The predicted octanol–water partition coefficient (Wildman–Crippen LogP) is 2.54. The molecule has 1 aromatic heterocycles. The minimum atomic E-state index is -0.486. The summed E-state index contributed by atoms with van der Waals surface area (Å²) in [6, 6.07) is 1.79. The van der Waals surface area contributed by atoms with E-state index < -0.39 is 5.60 Å². The summed E-state index contributed by atoms with van der Waals surface area (Å²) >= 11 is 5.95. The molecule has 1 N–H and O–H groups in total. The molecule has 1 unspecified atom stereocenters. The summed E-state index contributed by atoms with van der Waals surface area (Å²) in [6.45, 7) is 8.85. The summed E-state index contributed by atoms with van der Waals surface area (Å²) in [5.74, 6) is 1.43. The Hall–Kier alpha value is -1.56. The summed E-state index contributed by atoms with van der Waals surface area (Å²) in [5.41, 5.74) is -0.486. The van der Waals surface area contributed by atoms with Crippen molar-refractivity contribution in [3.05, 3.63) is 17.0 Å². The average Bonchev–Trinajstić information content (AvgIpc) is 2.73. The van der Waals surface area contributed by atoms with Crippen LogP contribution in [0, 0.1) is 6.92 Å². The van der Waals surface area contributed by atoms with Gasteiger partial charge in [-0.05, 0) is 34.1 Å². The van der Waals surface area contributed by atoms with E-state index in [1.165, 1.54) is 0 Å². The highest BCUT2D eigenvalue weighted by Gasteiger charge is 2.27. The lowest BCUT2D eigenvalue weighted by molar-refractivity contribution is 0.0509. The Morgan fingerprint density at radius 1 is 1.48 bits per heavy atom. The summed E-state index contributed by atoms with van der Waals surface area (Å²) in [5, 5.41) is 3.32. The first kappa shape index (κ1) is 15.8. The lowest BCUT2D eigenvalue weighted by Gasteiger charge is -2.22. The van der Waals surface area contributed by atoms with E-state index in [9.17, 15) is 4.79 Å². The van der Waals surface area contributed by atoms with E-state index in [1.54, 1.807) is 6.07 Å². The van der Waals surface area contributed by atoms with E-state index in [1.807, 2.05) is 27.7 Å². The number of carbonyl (C=O) groups is 1. The lowest BCUT2D eigenvalue weighted by Crippen LogP contribution is -2.40. The highest BCUT2D eigenvalue weighted by atomic mass is 35.5. The third kappa shape index (κ3) is 4.74. The second-order valence-electron chi connectivity index (χ2n) is 6.17. The highest BCUT2D eigenvalue weighted by Crippen LogP contribution is 2.21. The Labute approximate surface area is 129 Å². The molecule has 116 valence electrons. The summed E-state index contributed by atoms with van der Waals surface area (Å²) < 4.78 is 5.26. The Balaban J connectivity index is 1.93. The lowest BCUT2D eigenvalue weighted by atomic mass is 10.2. The van der Waals surface area contributed by atoms with Crippen LogP contribution >= 0.6 is 11.6 Å². The maximum atomic E-state index is 11.8. The molecule has 2 heterocycles. The van der Waals surface area contributed by atoms with Crippen molar-refractivity contribution in [2.75, 3.05) is 18.0 Å². The molecule has 0 saturated carbocycles. The fourth-order valence-electron chi connectivity index (χ4n) is 2.24. The zero-order valence-electron chi connectivity index (χ0n) is 12.8. The number of amides is 1. The number of nitrogens with zero attached hydrogens (tertiary/aromatic N) is 3. The Morgan fingerprint density at radius 2 is 2.19 bits per heavy atom. The number of halogens is 1. The van der Waals surface area contributed by atoms with Gasteiger partial charge < -0.3 is 15.0 Å². The molecule has 1 aromatic rings. The van der Waals surface area contributed by atoms with Gasteiger partial charge in [-0.15, -0.1) is 0 Å². The molecule has 1 aliphatic heterocycles. The molecule has 6 nitrogen and oxygen atoms in total. The standard InChI is InChI=1S/C14H21ClN4O2/c1-9-16-11(15)7-12(17-9)19-6-5-10(8-19)18-13(20)21-14(2,3)4/h7,10H,5-6,8H2,1-4H3,(H,18,20). The first-order chi connectivity index (χ1) is 9.73. The van der Waals surface area contributed by atoms with Crippen molar-refractivity contribution < 1.29 is 9.53 Å². The fourth-order valence-corrected chi connectivity index (χ4v) is 2.46. The van der Waals surface area contributed by atoms with Gasteiger partial charge in [0.05, 0.1) is 6.04 Å². The quantitative estimate of drug-likeness (QED) is 0.850. The number of anilines is 1. The van der Waals surface area contributed by atoms with Crippen molar-refractivity contribution in [3.8, 4) is 0 Å². The van der Waals surface area contributed by atoms with Crippen molar-refractivity contribution in [1.82, 2.24) is 15.3 Å². The third-order valence-corrected chi connectivity index (χ3v) is 3.22. The van der Waals surface area contributed by atoms with Crippen molar-refractivity contribution in [2.45, 2.75) is 45.8 Å². The minimum Gasteiger partial charge on any atom is -0.444 e. The second kappa shape index (κ2) is 6.05. The van der Waals surface area contributed by atoms with Gasteiger partial charge in [0.15, 0.2) is 0 Å². The van der Waals surface area contributed by atoms with E-state index in [2.05, 4.69) is 20.2 Å². The van der Waals surface area contributed by atoms with E-state index >= 15 is 0 Å². The van der Waals surface area contributed by atoms with E-state index in [0.717, 1.165) is 18.8 Å². The Bertz CT molecular complexity index is 510. The predicted molar refractivity (Wildman–Crippen MR) is 81.8 cm³/mol. The normalized spacial score (nSPS) is 18.7. The van der Waals surface area contributed by atoms with Crippen LogP contribution in [-0.4, -0.2) is 40.8 Å². The van der Waals surface area contributed by atoms with Crippen molar-refractivity contribution >= 4 is 23.5 Å². The average molecular weight is 313 g/mol. The van der Waals surface area contributed by atoms with Gasteiger partial charge in [-0.1, -0.05) is 11.6 Å². The topological polar surface area (TPSA) is 67.4 Å². The molecule has 2 rings (SSSR count). The number of ether oxygens (including phenoxy) is 1. The molecule has 0 aliphatic carbocycles. The van der Waals surface area contributed by atoms with Crippen LogP contribution in [0.2, 0.25) is 5.15 Å². The first-order valence-electron chi connectivity index (χ1n) is 6.98. The Kier molecular flexibility index (Phi) is 4.56. The number of aromatic nitrogens is 2. The largest absolute Gasteiger partial charge is 0.444 e. The van der Waals surface area contributed by atoms with Crippen molar-refractivity contribution in [1.29, 1.82) is 0 Å². The summed E-state index contributed by atoms with van der Waals surface area (Å²) in [7, 11) is 0. The molecule has 0 spiro atoms. The molecule has 21 heavy (non-hydrogen) atoms. The van der Waals surface area contributed by atoms with E-state index in [0.29, 0.717) is 17.5 Å². The molecule has 1 saturated heterocycles.